The zero-order chi connectivity index (χ0) is 26.5. The molecule has 196 valence electrons. The molecular formula is C28H39N3O5. The monoisotopic (exact) mass is 497 g/mol. The van der Waals surface area contributed by atoms with Crippen LogP contribution in [0.4, 0.5) is 15.4 Å². The van der Waals surface area contributed by atoms with Crippen molar-refractivity contribution in [1.82, 2.24) is 10.3 Å². The van der Waals surface area contributed by atoms with Crippen LogP contribution in [0.15, 0.2) is 36.5 Å². The molecule has 1 heterocycles. The molecule has 1 unspecified atom stereocenters. The van der Waals surface area contributed by atoms with Crippen molar-refractivity contribution in [3.05, 3.63) is 42.1 Å². The zero-order valence-corrected chi connectivity index (χ0v) is 22.4. The molecule has 0 saturated heterocycles. The molecule has 1 saturated carbocycles. The van der Waals surface area contributed by atoms with E-state index in [1.165, 1.54) is 7.11 Å². The van der Waals surface area contributed by atoms with Crippen molar-refractivity contribution in [2.24, 2.45) is 5.92 Å². The number of hydrogen-bond donors (Lipinski definition) is 2. The largest absolute Gasteiger partial charge is 0.491 e. The summed E-state index contributed by atoms with van der Waals surface area (Å²) in [5.41, 5.74) is 1.93. The fourth-order valence-corrected chi connectivity index (χ4v) is 4.24. The second kappa shape index (κ2) is 11.2. The van der Waals surface area contributed by atoms with Gasteiger partial charge in [0.2, 0.25) is 0 Å². The Balaban J connectivity index is 1.79. The minimum Gasteiger partial charge on any atom is -0.491 e. The van der Waals surface area contributed by atoms with Crippen LogP contribution in [-0.2, 0) is 9.47 Å². The van der Waals surface area contributed by atoms with Crippen LogP contribution in [0.1, 0.15) is 72.3 Å². The molecule has 36 heavy (non-hydrogen) atoms. The number of nitrogens with one attached hydrogen (secondary N) is 2. The normalized spacial score (nSPS) is 15.1. The number of amides is 2. The number of alkyl carbamates (subject to hydrolysis) is 1. The first-order valence-electron chi connectivity index (χ1n) is 12.5. The molecule has 8 heteroatoms. The summed E-state index contributed by atoms with van der Waals surface area (Å²) in [6.07, 6.45) is 3.63. The van der Waals surface area contributed by atoms with E-state index in [1.54, 1.807) is 6.20 Å². The first-order chi connectivity index (χ1) is 16.9. The molecule has 8 nitrogen and oxygen atoms in total. The molecular weight excluding hydrogens is 458 g/mol. The highest BCUT2D eigenvalue weighted by Gasteiger charge is 2.32. The fraction of sp³-hybridized carbons (Fsp3) is 0.536. The second-order valence-corrected chi connectivity index (χ2v) is 11.1. The Labute approximate surface area is 214 Å². The van der Waals surface area contributed by atoms with Gasteiger partial charge in [0.15, 0.2) is 0 Å². The predicted octanol–water partition coefficient (Wildman–Crippen LogP) is 6.51. The molecule has 1 aliphatic carbocycles. The standard InChI is InChI=1S/C28H39N3O5/c1-18(2)16-28(6,31-26(33)36-27(3,4)5)17-35-23-11-10-20(14-22(23)19-8-9-19)21-12-13-29-24(15-21)30-25(32)34-7/h10-15,18-19H,8-9,16-17H2,1-7H3,(H,31,33)(H,29,30,32). The number of benzene rings is 1. The van der Waals surface area contributed by atoms with Gasteiger partial charge >= 0.3 is 12.2 Å². The maximum Gasteiger partial charge on any atom is 0.412 e. The van der Waals surface area contributed by atoms with E-state index >= 15 is 0 Å². The first-order valence-corrected chi connectivity index (χ1v) is 12.5. The van der Waals surface area contributed by atoms with Gasteiger partial charge in [0, 0.05) is 6.20 Å². The average Bonchev–Trinajstić information content (AvgIpc) is 3.61. The molecule has 3 rings (SSSR count). The quantitative estimate of drug-likeness (QED) is 0.410. The Bertz CT molecular complexity index is 1080. The highest BCUT2D eigenvalue weighted by molar-refractivity contribution is 5.84. The zero-order valence-electron chi connectivity index (χ0n) is 22.4. The topological polar surface area (TPSA) is 98.8 Å². The molecule has 0 radical (unpaired) electrons. The van der Waals surface area contributed by atoms with Crippen LogP contribution in [0.25, 0.3) is 11.1 Å². The Kier molecular flexibility index (Phi) is 8.48. The third-order valence-corrected chi connectivity index (χ3v) is 5.74. The summed E-state index contributed by atoms with van der Waals surface area (Å²) < 4.78 is 16.5. The number of rotatable bonds is 9. The smallest absolute Gasteiger partial charge is 0.412 e. The van der Waals surface area contributed by atoms with Gasteiger partial charge in [0.1, 0.15) is 23.8 Å². The Hall–Kier alpha value is -3.29. The Morgan fingerprint density at radius 3 is 2.36 bits per heavy atom. The van der Waals surface area contributed by atoms with E-state index in [0.29, 0.717) is 24.3 Å². The lowest BCUT2D eigenvalue weighted by molar-refractivity contribution is 0.0407. The van der Waals surface area contributed by atoms with Gasteiger partial charge in [-0.05, 0) is 99.7 Å². The predicted molar refractivity (Wildman–Crippen MR) is 140 cm³/mol. The van der Waals surface area contributed by atoms with Crippen molar-refractivity contribution in [3.63, 3.8) is 0 Å². The van der Waals surface area contributed by atoms with E-state index < -0.39 is 23.3 Å². The highest BCUT2D eigenvalue weighted by Crippen LogP contribution is 2.46. The number of carbonyl (C=O) groups excluding carboxylic acids is 2. The number of ether oxygens (including phenoxy) is 3. The van der Waals surface area contributed by atoms with Crippen LogP contribution in [0.2, 0.25) is 0 Å². The van der Waals surface area contributed by atoms with Crippen molar-refractivity contribution < 1.29 is 23.8 Å². The van der Waals surface area contributed by atoms with Crippen molar-refractivity contribution in [1.29, 1.82) is 0 Å². The summed E-state index contributed by atoms with van der Waals surface area (Å²) in [6.45, 7) is 12.1. The number of anilines is 1. The molecule has 0 bridgehead atoms. The van der Waals surface area contributed by atoms with E-state index in [-0.39, 0.29) is 0 Å². The lowest BCUT2D eigenvalue weighted by Gasteiger charge is -2.33. The first kappa shape index (κ1) is 27.3. The van der Waals surface area contributed by atoms with Gasteiger partial charge in [0.25, 0.3) is 0 Å². The minimum absolute atomic E-state index is 0.325. The fourth-order valence-electron chi connectivity index (χ4n) is 4.24. The van der Waals surface area contributed by atoms with E-state index in [4.69, 9.17) is 9.47 Å². The van der Waals surface area contributed by atoms with Gasteiger partial charge < -0.3 is 19.5 Å². The Morgan fingerprint density at radius 1 is 1.06 bits per heavy atom. The highest BCUT2D eigenvalue weighted by atomic mass is 16.6. The second-order valence-electron chi connectivity index (χ2n) is 11.1. The average molecular weight is 498 g/mol. The summed E-state index contributed by atoms with van der Waals surface area (Å²) in [5.74, 6) is 2.05. The Morgan fingerprint density at radius 2 is 1.75 bits per heavy atom. The number of carbonyl (C=O) groups is 2. The molecule has 2 amide bonds. The van der Waals surface area contributed by atoms with Gasteiger partial charge in [-0.1, -0.05) is 19.9 Å². The van der Waals surface area contributed by atoms with E-state index in [0.717, 1.165) is 41.7 Å². The maximum absolute atomic E-state index is 12.5. The summed E-state index contributed by atoms with van der Waals surface area (Å²) in [4.78, 5) is 28.3. The van der Waals surface area contributed by atoms with Crippen LogP contribution in [0.5, 0.6) is 5.75 Å². The minimum atomic E-state index is -0.588. The molecule has 1 fully saturated rings. The molecule has 0 spiro atoms. The number of hydrogen-bond acceptors (Lipinski definition) is 6. The van der Waals surface area contributed by atoms with Crippen LogP contribution >= 0.6 is 0 Å². The number of pyridine rings is 1. The molecule has 2 N–H and O–H groups in total. The summed E-state index contributed by atoms with van der Waals surface area (Å²) in [7, 11) is 1.31. The summed E-state index contributed by atoms with van der Waals surface area (Å²) in [6, 6.07) is 9.85. The maximum atomic E-state index is 12.5. The van der Waals surface area contributed by atoms with Crippen LogP contribution in [0.3, 0.4) is 0 Å². The van der Waals surface area contributed by atoms with E-state index in [1.807, 2.05) is 52.0 Å². The van der Waals surface area contributed by atoms with Crippen molar-refractivity contribution >= 4 is 18.0 Å². The molecule has 1 aromatic carbocycles. The number of methoxy groups -OCH3 is 1. The summed E-state index contributed by atoms with van der Waals surface area (Å²) in [5, 5.41) is 5.64. The van der Waals surface area contributed by atoms with Crippen LogP contribution in [0, 0.1) is 5.92 Å². The third-order valence-electron chi connectivity index (χ3n) is 5.74. The number of aromatic nitrogens is 1. The van der Waals surface area contributed by atoms with E-state index in [2.05, 4.69) is 40.3 Å². The van der Waals surface area contributed by atoms with Crippen molar-refractivity contribution in [3.8, 4) is 16.9 Å². The summed E-state index contributed by atoms with van der Waals surface area (Å²) >= 11 is 0. The molecule has 0 aliphatic heterocycles. The van der Waals surface area contributed by atoms with E-state index in [9.17, 15) is 9.59 Å². The van der Waals surface area contributed by atoms with Gasteiger partial charge in [-0.3, -0.25) is 5.32 Å². The number of nitrogens with zero attached hydrogens (tertiary/aromatic N) is 1. The lowest BCUT2D eigenvalue weighted by Crippen LogP contribution is -2.52. The molecule has 1 aliphatic rings. The van der Waals surface area contributed by atoms with Gasteiger partial charge in [0.05, 0.1) is 12.6 Å². The van der Waals surface area contributed by atoms with Crippen molar-refractivity contribution in [2.45, 2.75) is 77.9 Å². The van der Waals surface area contributed by atoms with Crippen LogP contribution < -0.4 is 15.4 Å². The SMILES string of the molecule is COC(=O)Nc1cc(-c2ccc(OCC(C)(CC(C)C)NC(=O)OC(C)(C)C)c(C3CC3)c2)ccn1. The molecule has 1 atom stereocenters. The third kappa shape index (κ3) is 8.14. The van der Waals surface area contributed by atoms with Crippen LogP contribution in [-0.4, -0.2) is 42.0 Å². The lowest BCUT2D eigenvalue weighted by atomic mass is 9.91. The van der Waals surface area contributed by atoms with Gasteiger partial charge in [-0.15, -0.1) is 0 Å². The molecule has 1 aromatic heterocycles. The van der Waals surface area contributed by atoms with Crippen molar-refractivity contribution in [2.75, 3.05) is 19.0 Å². The van der Waals surface area contributed by atoms with Gasteiger partial charge in [-0.2, -0.15) is 0 Å². The van der Waals surface area contributed by atoms with Gasteiger partial charge in [-0.25, -0.2) is 14.6 Å². The molecule has 2 aromatic rings.